The van der Waals surface area contributed by atoms with Crippen LogP contribution in [0.15, 0.2) is 0 Å². The van der Waals surface area contributed by atoms with Gasteiger partial charge >= 0.3 is 12.2 Å². The van der Waals surface area contributed by atoms with Gasteiger partial charge in [0.1, 0.15) is 0 Å². The Morgan fingerprint density at radius 3 is 2.59 bits per heavy atom. The van der Waals surface area contributed by atoms with Crippen LogP contribution in [0.1, 0.15) is 6.92 Å². The van der Waals surface area contributed by atoms with Crippen LogP contribution in [0.2, 0.25) is 0 Å². The molecule has 0 aromatic rings. The fourth-order valence-electron chi connectivity index (χ4n) is 2.21. The number of carbonyl (C=O) groups is 1. The minimum atomic E-state index is -4.60. The average molecular weight is 327 g/mol. The van der Waals surface area contributed by atoms with E-state index in [4.69, 9.17) is 4.74 Å². The molecule has 22 heavy (non-hydrogen) atoms. The second-order valence-corrected chi connectivity index (χ2v) is 5.89. The van der Waals surface area contributed by atoms with E-state index in [1.807, 2.05) is 24.3 Å². The summed E-state index contributed by atoms with van der Waals surface area (Å²) in [5.41, 5.74) is -2.42. The van der Waals surface area contributed by atoms with Crippen LogP contribution in [0.4, 0.5) is 18.0 Å². The van der Waals surface area contributed by atoms with Crippen LogP contribution in [-0.2, 0) is 9.47 Å². The van der Waals surface area contributed by atoms with Gasteiger partial charge in [-0.15, -0.1) is 0 Å². The zero-order valence-electron chi connectivity index (χ0n) is 13.4. The average Bonchev–Trinajstić information content (AvgIpc) is 2.37. The number of alkyl halides is 3. The molecule has 1 saturated heterocycles. The maximum Gasteiger partial charge on any atom is 0.413 e. The molecule has 0 spiro atoms. The third-order valence-electron chi connectivity index (χ3n) is 3.44. The van der Waals surface area contributed by atoms with Crippen LogP contribution >= 0.6 is 0 Å². The second kappa shape index (κ2) is 7.47. The van der Waals surface area contributed by atoms with E-state index in [9.17, 15) is 18.0 Å². The van der Waals surface area contributed by atoms with Crippen molar-refractivity contribution in [1.82, 2.24) is 15.1 Å². The Morgan fingerprint density at radius 1 is 1.45 bits per heavy atom. The summed E-state index contributed by atoms with van der Waals surface area (Å²) in [6.45, 7) is 1.68. The molecule has 2 unspecified atom stereocenters. The molecule has 6 nitrogen and oxygen atoms in total. The zero-order chi connectivity index (χ0) is 17.0. The zero-order valence-corrected chi connectivity index (χ0v) is 13.4. The van der Waals surface area contributed by atoms with Crippen LogP contribution in [0.25, 0.3) is 0 Å². The summed E-state index contributed by atoms with van der Waals surface area (Å²) >= 11 is 0. The van der Waals surface area contributed by atoms with Gasteiger partial charge in [0.05, 0.1) is 19.3 Å². The van der Waals surface area contributed by atoms with Crippen molar-refractivity contribution in [2.24, 2.45) is 0 Å². The van der Waals surface area contributed by atoms with Gasteiger partial charge in [-0.2, -0.15) is 13.2 Å². The third-order valence-corrected chi connectivity index (χ3v) is 3.44. The predicted molar refractivity (Wildman–Crippen MR) is 74.7 cm³/mol. The van der Waals surface area contributed by atoms with Crippen molar-refractivity contribution < 1.29 is 27.4 Å². The predicted octanol–water partition coefficient (Wildman–Crippen LogP) is 0.926. The molecule has 1 N–H and O–H groups in total. The van der Waals surface area contributed by atoms with Gasteiger partial charge in [0, 0.05) is 26.7 Å². The molecule has 9 heteroatoms. The lowest BCUT2D eigenvalue weighted by Gasteiger charge is -2.38. The fourth-order valence-corrected chi connectivity index (χ4v) is 2.21. The van der Waals surface area contributed by atoms with Crippen molar-refractivity contribution >= 4 is 6.03 Å². The van der Waals surface area contributed by atoms with E-state index >= 15 is 0 Å². The number of methoxy groups -OCH3 is 1. The van der Waals surface area contributed by atoms with Gasteiger partial charge in [-0.1, -0.05) is 0 Å². The molecule has 0 bridgehead atoms. The van der Waals surface area contributed by atoms with Crippen LogP contribution in [0, 0.1) is 0 Å². The molecule has 0 aromatic heterocycles. The van der Waals surface area contributed by atoms with E-state index in [1.165, 1.54) is 4.90 Å². The first kappa shape index (κ1) is 19.0. The highest BCUT2D eigenvalue weighted by molar-refractivity contribution is 5.75. The van der Waals surface area contributed by atoms with Crippen molar-refractivity contribution in [3.8, 4) is 0 Å². The highest BCUT2D eigenvalue weighted by atomic mass is 19.4. The number of ether oxygens (including phenoxy) is 2. The van der Waals surface area contributed by atoms with Crippen molar-refractivity contribution in [3.05, 3.63) is 0 Å². The number of hydrogen-bond donors (Lipinski definition) is 1. The smallest absolute Gasteiger partial charge is 0.382 e. The number of morpholine rings is 1. The highest BCUT2D eigenvalue weighted by Gasteiger charge is 2.53. The Bertz CT molecular complexity index is 379. The summed E-state index contributed by atoms with van der Waals surface area (Å²) in [6.07, 6.45) is -4.82. The Morgan fingerprint density at radius 2 is 2.09 bits per heavy atom. The molecular formula is C13H24F3N3O3. The fraction of sp³-hybridized carbons (Fsp3) is 0.923. The lowest BCUT2D eigenvalue weighted by Crippen LogP contribution is -2.63. The number of hydrogen-bond acceptors (Lipinski definition) is 4. The number of rotatable bonds is 5. The molecule has 2 atom stereocenters. The maximum absolute atomic E-state index is 13.1. The minimum Gasteiger partial charge on any atom is -0.382 e. The second-order valence-electron chi connectivity index (χ2n) is 5.89. The number of carbonyl (C=O) groups excluding carboxylic acids is 1. The molecule has 1 heterocycles. The molecule has 0 aromatic carbocycles. The molecule has 1 rings (SSSR count). The lowest BCUT2D eigenvalue weighted by atomic mass is 10.0. The van der Waals surface area contributed by atoms with Gasteiger partial charge in [0.25, 0.3) is 0 Å². The molecule has 1 aliphatic heterocycles. The van der Waals surface area contributed by atoms with Gasteiger partial charge in [0.2, 0.25) is 0 Å². The molecule has 0 aliphatic carbocycles. The van der Waals surface area contributed by atoms with Crippen LogP contribution < -0.4 is 5.32 Å². The number of halogens is 3. The van der Waals surface area contributed by atoms with Crippen molar-refractivity contribution in [2.75, 3.05) is 54.1 Å². The molecule has 1 fully saturated rings. The van der Waals surface area contributed by atoms with Gasteiger partial charge < -0.3 is 24.6 Å². The topological polar surface area (TPSA) is 54.0 Å². The van der Waals surface area contributed by atoms with Gasteiger partial charge in [-0.3, -0.25) is 0 Å². The molecule has 130 valence electrons. The molecule has 2 amide bonds. The Kier molecular flexibility index (Phi) is 6.45. The first-order valence-electron chi connectivity index (χ1n) is 6.98. The number of likely N-dealkylation sites (N-methyl/N-ethyl adjacent to an activating group) is 1. The van der Waals surface area contributed by atoms with Crippen molar-refractivity contribution in [3.63, 3.8) is 0 Å². The summed E-state index contributed by atoms with van der Waals surface area (Å²) < 4.78 is 49.5. The summed E-state index contributed by atoms with van der Waals surface area (Å²) in [4.78, 5) is 15.4. The Balaban J connectivity index is 2.70. The van der Waals surface area contributed by atoms with Gasteiger partial charge in [-0.05, 0) is 21.0 Å². The van der Waals surface area contributed by atoms with Crippen LogP contribution in [0.3, 0.4) is 0 Å². The van der Waals surface area contributed by atoms with Gasteiger partial charge in [-0.25, -0.2) is 4.79 Å². The largest absolute Gasteiger partial charge is 0.413 e. The van der Waals surface area contributed by atoms with E-state index in [-0.39, 0.29) is 19.2 Å². The molecular weight excluding hydrogens is 303 g/mol. The molecule has 1 aliphatic rings. The van der Waals surface area contributed by atoms with Gasteiger partial charge in [0.15, 0.2) is 5.54 Å². The Labute approximate surface area is 128 Å². The summed E-state index contributed by atoms with van der Waals surface area (Å²) in [7, 11) is 4.89. The van der Waals surface area contributed by atoms with Crippen LogP contribution in [0.5, 0.6) is 0 Å². The van der Waals surface area contributed by atoms with E-state index in [1.54, 1.807) is 0 Å². The third kappa shape index (κ3) is 4.99. The monoisotopic (exact) mass is 327 g/mol. The van der Waals surface area contributed by atoms with E-state index in [0.29, 0.717) is 13.2 Å². The highest BCUT2D eigenvalue weighted by Crippen LogP contribution is 2.30. The minimum absolute atomic E-state index is 0.214. The summed E-state index contributed by atoms with van der Waals surface area (Å²) in [6, 6.07) is -0.760. The summed E-state index contributed by atoms with van der Waals surface area (Å²) in [5, 5.41) is 2.05. The summed E-state index contributed by atoms with van der Waals surface area (Å²) in [5.74, 6) is 0. The molecule has 0 radical (unpaired) electrons. The Hall–Kier alpha value is -1.06. The van der Waals surface area contributed by atoms with Crippen molar-refractivity contribution in [1.29, 1.82) is 0 Å². The van der Waals surface area contributed by atoms with E-state index in [2.05, 4.69) is 4.74 Å². The quantitative estimate of drug-likeness (QED) is 0.816. The van der Waals surface area contributed by atoms with Crippen LogP contribution in [-0.4, -0.2) is 87.7 Å². The number of urea groups is 1. The first-order valence-corrected chi connectivity index (χ1v) is 6.98. The van der Waals surface area contributed by atoms with E-state index in [0.717, 1.165) is 14.0 Å². The lowest BCUT2D eigenvalue weighted by molar-refractivity contribution is -0.200. The SMILES string of the molecule is COCC(C)(NC(=O)N1CCOC(CN(C)C)C1)C(F)(F)F. The van der Waals surface area contributed by atoms with Crippen molar-refractivity contribution in [2.45, 2.75) is 24.7 Å². The number of nitrogens with one attached hydrogen (secondary N) is 1. The standard InChI is InChI=1S/C13H24F3N3O3/c1-12(9-21-4,13(14,15)16)17-11(20)19-5-6-22-10(8-19)7-18(2)3/h10H,5-9H2,1-4H3,(H,17,20). The normalized spacial score (nSPS) is 22.5. The first-order chi connectivity index (χ1) is 10.1. The van der Waals surface area contributed by atoms with E-state index < -0.39 is 24.4 Å². The maximum atomic E-state index is 13.1. The number of amides is 2. The number of nitrogens with zero attached hydrogens (tertiary/aromatic N) is 2. The molecule has 0 saturated carbocycles.